The summed E-state index contributed by atoms with van der Waals surface area (Å²) in [7, 11) is 3.93. The molecule has 0 unspecified atom stereocenters. The molecule has 3 aliphatic rings. The van der Waals surface area contributed by atoms with Crippen molar-refractivity contribution in [3.63, 3.8) is 0 Å². The van der Waals surface area contributed by atoms with Gasteiger partial charge in [0.05, 0.1) is 12.1 Å². The minimum atomic E-state index is -0.253. The Morgan fingerprint density at radius 1 is 1.23 bits per heavy atom. The van der Waals surface area contributed by atoms with Gasteiger partial charge < -0.3 is 19.4 Å². The summed E-state index contributed by atoms with van der Waals surface area (Å²) < 4.78 is 5.64. The number of fused-ring (bicyclic) bond motifs is 1. The standard InChI is InChI=1S/C16H27N3O3/c1-16(5-8-17(2)9-6-16)15(21)19-7-4-13-12(10-19)18(3)14(20)11-22-13/h12-13H,4-11H2,1-3H3/t12-,13+/m0/s1. The molecule has 0 saturated carbocycles. The van der Waals surface area contributed by atoms with Crippen LogP contribution in [0.3, 0.4) is 0 Å². The van der Waals surface area contributed by atoms with Gasteiger partial charge in [-0.1, -0.05) is 6.92 Å². The zero-order valence-corrected chi connectivity index (χ0v) is 13.9. The van der Waals surface area contributed by atoms with Gasteiger partial charge in [-0.25, -0.2) is 0 Å². The zero-order chi connectivity index (χ0) is 15.9. The second-order valence-electron chi connectivity index (χ2n) is 7.33. The van der Waals surface area contributed by atoms with Crippen LogP contribution in [0.15, 0.2) is 0 Å². The number of carbonyl (C=O) groups is 2. The molecule has 0 aromatic rings. The number of carbonyl (C=O) groups excluding carboxylic acids is 2. The quantitative estimate of drug-likeness (QED) is 0.693. The highest BCUT2D eigenvalue weighted by atomic mass is 16.5. The first-order chi connectivity index (χ1) is 10.4. The molecule has 0 spiro atoms. The molecule has 6 nitrogen and oxygen atoms in total. The van der Waals surface area contributed by atoms with Crippen molar-refractivity contribution in [3.8, 4) is 0 Å². The number of rotatable bonds is 1. The van der Waals surface area contributed by atoms with E-state index in [4.69, 9.17) is 4.74 Å². The molecule has 3 heterocycles. The molecule has 0 aromatic heterocycles. The lowest BCUT2D eigenvalue weighted by Crippen LogP contribution is -2.63. The van der Waals surface area contributed by atoms with Gasteiger partial charge in [0.1, 0.15) is 6.61 Å². The fourth-order valence-corrected chi connectivity index (χ4v) is 3.83. The summed E-state index contributed by atoms with van der Waals surface area (Å²) in [4.78, 5) is 30.8. The van der Waals surface area contributed by atoms with Crippen molar-refractivity contribution in [1.29, 1.82) is 0 Å². The maximum atomic E-state index is 13.0. The SMILES string of the molecule is CN1CCC(C)(C(=O)N2CC[C@H]3OCC(=O)N(C)[C@H]3C2)CC1. The Kier molecular flexibility index (Phi) is 4.16. The lowest BCUT2D eigenvalue weighted by Gasteiger charge is -2.48. The van der Waals surface area contributed by atoms with E-state index < -0.39 is 0 Å². The summed E-state index contributed by atoms with van der Waals surface area (Å²) in [6, 6.07) is 0.00816. The number of piperidine rings is 2. The normalized spacial score (nSPS) is 32.8. The minimum absolute atomic E-state index is 0.00816. The maximum Gasteiger partial charge on any atom is 0.248 e. The van der Waals surface area contributed by atoms with Crippen LogP contribution in [0.2, 0.25) is 0 Å². The predicted molar refractivity (Wildman–Crippen MR) is 82.3 cm³/mol. The Morgan fingerprint density at radius 3 is 2.59 bits per heavy atom. The maximum absolute atomic E-state index is 13.0. The Balaban J connectivity index is 1.68. The van der Waals surface area contributed by atoms with Crippen LogP contribution in [0, 0.1) is 5.41 Å². The molecule has 0 aliphatic carbocycles. The first-order valence-electron chi connectivity index (χ1n) is 8.26. The van der Waals surface area contributed by atoms with Crippen molar-refractivity contribution in [2.75, 3.05) is 46.9 Å². The molecular weight excluding hydrogens is 282 g/mol. The van der Waals surface area contributed by atoms with Crippen molar-refractivity contribution < 1.29 is 14.3 Å². The topological polar surface area (TPSA) is 53.1 Å². The number of hydrogen-bond acceptors (Lipinski definition) is 4. The van der Waals surface area contributed by atoms with E-state index in [1.807, 2.05) is 11.9 Å². The van der Waals surface area contributed by atoms with Crippen LogP contribution in [0.25, 0.3) is 0 Å². The number of nitrogens with zero attached hydrogens (tertiary/aromatic N) is 3. The van der Waals surface area contributed by atoms with Crippen LogP contribution in [-0.2, 0) is 14.3 Å². The van der Waals surface area contributed by atoms with Crippen LogP contribution in [0.4, 0.5) is 0 Å². The molecule has 3 saturated heterocycles. The Hall–Kier alpha value is -1.14. The highest BCUT2D eigenvalue weighted by Gasteiger charge is 2.44. The van der Waals surface area contributed by atoms with E-state index in [-0.39, 0.29) is 36.0 Å². The third-order valence-electron chi connectivity index (χ3n) is 5.73. The van der Waals surface area contributed by atoms with Gasteiger partial charge >= 0.3 is 0 Å². The molecule has 0 bridgehead atoms. The van der Waals surface area contributed by atoms with Gasteiger partial charge in [0.2, 0.25) is 11.8 Å². The third kappa shape index (κ3) is 2.74. The van der Waals surface area contributed by atoms with Gasteiger partial charge in [-0.05, 0) is 39.4 Å². The number of likely N-dealkylation sites (tertiary alicyclic amines) is 2. The monoisotopic (exact) mass is 309 g/mol. The van der Waals surface area contributed by atoms with Crippen molar-refractivity contribution in [2.24, 2.45) is 5.41 Å². The van der Waals surface area contributed by atoms with E-state index in [1.54, 1.807) is 4.90 Å². The van der Waals surface area contributed by atoms with Crippen molar-refractivity contribution in [2.45, 2.75) is 38.3 Å². The van der Waals surface area contributed by atoms with Gasteiger partial charge in [-0.2, -0.15) is 0 Å². The molecule has 3 fully saturated rings. The largest absolute Gasteiger partial charge is 0.366 e. The van der Waals surface area contributed by atoms with Crippen LogP contribution in [0.1, 0.15) is 26.2 Å². The smallest absolute Gasteiger partial charge is 0.248 e. The first-order valence-corrected chi connectivity index (χ1v) is 8.26. The van der Waals surface area contributed by atoms with Gasteiger partial charge in [0.25, 0.3) is 0 Å². The lowest BCUT2D eigenvalue weighted by atomic mass is 9.78. The van der Waals surface area contributed by atoms with Gasteiger partial charge in [0, 0.05) is 25.6 Å². The van der Waals surface area contributed by atoms with E-state index in [9.17, 15) is 9.59 Å². The van der Waals surface area contributed by atoms with Crippen LogP contribution in [-0.4, -0.2) is 85.5 Å². The Labute approximate surface area is 132 Å². The molecule has 2 amide bonds. The molecule has 0 radical (unpaired) electrons. The fraction of sp³-hybridized carbons (Fsp3) is 0.875. The van der Waals surface area contributed by atoms with Crippen LogP contribution >= 0.6 is 0 Å². The molecular formula is C16H27N3O3. The van der Waals surface area contributed by atoms with Gasteiger partial charge in [-0.15, -0.1) is 0 Å². The lowest BCUT2D eigenvalue weighted by molar-refractivity contribution is -0.166. The average molecular weight is 309 g/mol. The molecule has 3 rings (SSSR count). The van der Waals surface area contributed by atoms with E-state index in [0.717, 1.165) is 38.9 Å². The first kappa shape index (κ1) is 15.7. The molecule has 0 N–H and O–H groups in total. The third-order valence-corrected chi connectivity index (χ3v) is 5.73. The molecule has 6 heteroatoms. The second-order valence-corrected chi connectivity index (χ2v) is 7.33. The van der Waals surface area contributed by atoms with Gasteiger partial charge in [-0.3, -0.25) is 9.59 Å². The van der Waals surface area contributed by atoms with E-state index in [1.165, 1.54) is 0 Å². The number of hydrogen-bond donors (Lipinski definition) is 0. The summed E-state index contributed by atoms with van der Waals surface area (Å²) >= 11 is 0. The number of ether oxygens (including phenoxy) is 1. The summed E-state index contributed by atoms with van der Waals surface area (Å²) in [6.07, 6.45) is 2.73. The van der Waals surface area contributed by atoms with Crippen molar-refractivity contribution in [3.05, 3.63) is 0 Å². The number of amides is 2. The van der Waals surface area contributed by atoms with Crippen molar-refractivity contribution in [1.82, 2.24) is 14.7 Å². The van der Waals surface area contributed by atoms with Crippen LogP contribution in [0.5, 0.6) is 0 Å². The van der Waals surface area contributed by atoms with E-state index >= 15 is 0 Å². The highest BCUT2D eigenvalue weighted by molar-refractivity contribution is 5.83. The Morgan fingerprint density at radius 2 is 1.91 bits per heavy atom. The average Bonchev–Trinajstić information content (AvgIpc) is 2.53. The fourth-order valence-electron chi connectivity index (χ4n) is 3.83. The summed E-state index contributed by atoms with van der Waals surface area (Å²) in [5.41, 5.74) is -0.253. The molecule has 22 heavy (non-hydrogen) atoms. The number of likely N-dealkylation sites (N-methyl/N-ethyl adjacent to an activating group) is 1. The highest BCUT2D eigenvalue weighted by Crippen LogP contribution is 2.34. The molecule has 3 aliphatic heterocycles. The second kappa shape index (κ2) is 5.81. The Bertz CT molecular complexity index is 460. The van der Waals surface area contributed by atoms with Gasteiger partial charge in [0.15, 0.2) is 0 Å². The summed E-state index contributed by atoms with van der Waals surface area (Å²) in [6.45, 7) is 5.58. The predicted octanol–water partition coefficient (Wildman–Crippen LogP) is 0.176. The molecule has 124 valence electrons. The summed E-state index contributed by atoms with van der Waals surface area (Å²) in [5, 5.41) is 0. The molecule has 0 aromatic carbocycles. The van der Waals surface area contributed by atoms with Crippen molar-refractivity contribution >= 4 is 11.8 Å². The zero-order valence-electron chi connectivity index (χ0n) is 13.9. The van der Waals surface area contributed by atoms with E-state index in [0.29, 0.717) is 6.54 Å². The number of morpholine rings is 1. The van der Waals surface area contributed by atoms with E-state index in [2.05, 4.69) is 18.9 Å². The van der Waals surface area contributed by atoms with Crippen LogP contribution < -0.4 is 0 Å². The minimum Gasteiger partial charge on any atom is -0.366 e. The molecule has 2 atom stereocenters. The summed E-state index contributed by atoms with van der Waals surface area (Å²) in [5.74, 6) is 0.270.